The number of hydrogen-bond donors (Lipinski definition) is 0. The van der Waals surface area contributed by atoms with Crippen molar-refractivity contribution >= 4 is 5.78 Å². The van der Waals surface area contributed by atoms with E-state index in [1.807, 2.05) is 13.0 Å². The zero-order valence-electron chi connectivity index (χ0n) is 15.4. The molecule has 0 aromatic rings. The molecule has 0 aromatic carbocycles. The van der Waals surface area contributed by atoms with E-state index >= 15 is 0 Å². The fraction of sp³-hybridized carbons (Fsp3) is 0.500. The van der Waals surface area contributed by atoms with Crippen molar-refractivity contribution in [1.82, 2.24) is 0 Å². The monoisotopic (exact) mass is 264 g/mol. The summed E-state index contributed by atoms with van der Waals surface area (Å²) in [6.45, 7) is 6.11. The third kappa shape index (κ3) is 5.02. The van der Waals surface area contributed by atoms with Crippen LogP contribution in [0.1, 0.15) is 57.9 Å². The molecule has 0 spiro atoms. The highest BCUT2D eigenvalue weighted by atomic mass is 16.1. The van der Waals surface area contributed by atoms with Crippen LogP contribution in [0.5, 0.6) is 0 Å². The Bertz CT molecular complexity index is 543. The molecule has 1 aliphatic carbocycles. The van der Waals surface area contributed by atoms with Crippen LogP contribution in [-0.4, -0.2) is 5.78 Å². The van der Waals surface area contributed by atoms with E-state index in [4.69, 9.17) is 4.11 Å². The van der Waals surface area contributed by atoms with Gasteiger partial charge in [0.05, 0.1) is 0 Å². The Labute approximate surface area is 122 Å². The minimum absolute atomic E-state index is 0.201. The van der Waals surface area contributed by atoms with E-state index in [1.54, 1.807) is 6.08 Å². The van der Waals surface area contributed by atoms with Gasteiger partial charge in [0.1, 0.15) is 0 Å². The number of carbonyl (C=O) groups is 1. The van der Waals surface area contributed by atoms with E-state index in [0.717, 1.165) is 18.1 Å². The highest BCUT2D eigenvalue weighted by Gasteiger charge is 2.26. The van der Waals surface area contributed by atoms with Crippen LogP contribution in [0.4, 0.5) is 0 Å². The first-order valence-electron chi connectivity index (χ1n) is 8.32. The lowest BCUT2D eigenvalue weighted by atomic mass is 9.72. The maximum absolute atomic E-state index is 11.3. The van der Waals surface area contributed by atoms with Crippen LogP contribution >= 0.6 is 0 Å². The minimum atomic E-state index is -2.55. The number of carbonyl (C=O) groups excluding carboxylic acids is 1. The molecular weight excluding hydrogens is 232 g/mol. The van der Waals surface area contributed by atoms with Gasteiger partial charge in [-0.25, -0.2) is 0 Å². The maximum Gasteiger partial charge on any atom is 0.152 e. The second kappa shape index (κ2) is 6.70. The van der Waals surface area contributed by atoms with Gasteiger partial charge in [0, 0.05) is 4.11 Å². The van der Waals surface area contributed by atoms with Gasteiger partial charge in [0.25, 0.3) is 0 Å². The quantitative estimate of drug-likeness (QED) is 0.506. The summed E-state index contributed by atoms with van der Waals surface area (Å²) in [7, 11) is 0. The summed E-state index contributed by atoms with van der Waals surface area (Å²) in [5, 5.41) is 0. The molecule has 1 heteroatoms. The van der Waals surface area contributed by atoms with Gasteiger partial charge >= 0.3 is 0 Å². The topological polar surface area (TPSA) is 17.1 Å². The second-order valence-electron chi connectivity index (χ2n) is 5.90. The second-order valence-corrected chi connectivity index (χ2v) is 5.90. The normalized spacial score (nSPS) is 23.6. The molecule has 0 fully saturated rings. The molecule has 0 N–H and O–H groups in total. The van der Waals surface area contributed by atoms with Crippen molar-refractivity contribution in [2.24, 2.45) is 5.41 Å². The van der Waals surface area contributed by atoms with Crippen LogP contribution < -0.4 is 0 Å². The van der Waals surface area contributed by atoms with Crippen LogP contribution in [0.15, 0.2) is 47.1 Å². The van der Waals surface area contributed by atoms with E-state index in [0.29, 0.717) is 0 Å². The highest BCUT2D eigenvalue weighted by molar-refractivity contribution is 5.87. The summed E-state index contributed by atoms with van der Waals surface area (Å²) in [6.07, 6.45) is 12.1. The van der Waals surface area contributed by atoms with Gasteiger partial charge in [0.2, 0.25) is 0 Å². The molecule has 0 aliphatic heterocycles. The number of rotatable bonds is 4. The van der Waals surface area contributed by atoms with Crippen molar-refractivity contribution in [3.63, 3.8) is 0 Å². The average Bonchev–Trinajstić information content (AvgIpc) is 2.36. The molecule has 0 saturated heterocycles. The zero-order chi connectivity index (χ0) is 17.0. The molecule has 0 bridgehead atoms. The first kappa shape index (κ1) is 11.5. The van der Waals surface area contributed by atoms with E-state index in [2.05, 4.69) is 26.8 Å². The summed E-state index contributed by atoms with van der Waals surface area (Å²) in [5.41, 5.74) is 4.00. The van der Waals surface area contributed by atoms with Crippen molar-refractivity contribution in [1.29, 1.82) is 0 Å². The first-order valence-corrected chi connectivity index (χ1v) is 6.82. The van der Waals surface area contributed by atoms with E-state index in [9.17, 15) is 4.79 Å². The van der Waals surface area contributed by atoms with Gasteiger partial charge in [-0.05, 0) is 57.0 Å². The van der Waals surface area contributed by atoms with Gasteiger partial charge in [-0.2, -0.15) is 0 Å². The molecule has 0 amide bonds. The third-order valence-electron chi connectivity index (χ3n) is 3.66. The van der Waals surface area contributed by atoms with E-state index in [1.165, 1.54) is 30.1 Å². The summed E-state index contributed by atoms with van der Waals surface area (Å²) in [5.74, 6) is -0.840. The van der Waals surface area contributed by atoms with E-state index < -0.39 is 12.6 Å². The Morgan fingerprint density at radius 3 is 2.74 bits per heavy atom. The van der Waals surface area contributed by atoms with Crippen LogP contribution in [0.25, 0.3) is 0 Å². The van der Waals surface area contributed by atoms with Crippen LogP contribution in [0, 0.1) is 5.41 Å². The molecule has 1 aliphatic rings. The Morgan fingerprint density at radius 2 is 2.11 bits per heavy atom. The SMILES string of the molecule is [3H]C([3H])([3H])C(=O)/C=C/C=C(C)\C=C\C1=C(C)CCCC1(C)C. The van der Waals surface area contributed by atoms with Gasteiger partial charge in [-0.1, -0.05) is 49.3 Å². The predicted molar refractivity (Wildman–Crippen MR) is 83.1 cm³/mol. The molecule has 104 valence electrons. The molecule has 0 atom stereocenters. The molecule has 1 rings (SSSR count). The van der Waals surface area contributed by atoms with Gasteiger partial charge < -0.3 is 0 Å². The molecule has 0 saturated carbocycles. The average molecular weight is 264 g/mol. The number of hydrogen-bond acceptors (Lipinski definition) is 1. The first-order chi connectivity index (χ1) is 10.0. The third-order valence-corrected chi connectivity index (χ3v) is 3.66. The number of ketones is 1. The molecule has 1 nitrogen and oxygen atoms in total. The van der Waals surface area contributed by atoms with Crippen LogP contribution in [0.2, 0.25) is 0 Å². The van der Waals surface area contributed by atoms with Crippen molar-refractivity contribution in [3.05, 3.63) is 47.1 Å². The number of allylic oxidation sites excluding steroid dienone is 8. The molecule has 0 radical (unpaired) electrons. The van der Waals surface area contributed by atoms with Crippen LogP contribution in [0.3, 0.4) is 0 Å². The van der Waals surface area contributed by atoms with Crippen molar-refractivity contribution in [3.8, 4) is 0 Å². The fourth-order valence-corrected chi connectivity index (χ4v) is 2.57. The summed E-state index contributed by atoms with van der Waals surface area (Å²) >= 11 is 0. The molecule has 0 aromatic heterocycles. The molecule has 0 unspecified atom stereocenters. The van der Waals surface area contributed by atoms with Gasteiger partial charge in [-0.15, -0.1) is 0 Å². The zero-order valence-corrected chi connectivity index (χ0v) is 12.4. The van der Waals surface area contributed by atoms with Crippen LogP contribution in [-0.2, 0) is 4.79 Å². The van der Waals surface area contributed by atoms with Crippen molar-refractivity contribution in [2.45, 2.75) is 53.8 Å². The lowest BCUT2D eigenvalue weighted by Gasteiger charge is -2.32. The highest BCUT2D eigenvalue weighted by Crippen LogP contribution is 2.40. The summed E-state index contributed by atoms with van der Waals surface area (Å²) in [4.78, 5) is 11.3. The van der Waals surface area contributed by atoms with Gasteiger partial charge in [-0.3, -0.25) is 4.79 Å². The van der Waals surface area contributed by atoms with Crippen molar-refractivity contribution in [2.75, 3.05) is 0 Å². The van der Waals surface area contributed by atoms with Crippen molar-refractivity contribution < 1.29 is 8.91 Å². The predicted octanol–water partition coefficient (Wildman–Crippen LogP) is 5.16. The fourth-order valence-electron chi connectivity index (χ4n) is 2.57. The molecule has 19 heavy (non-hydrogen) atoms. The smallest absolute Gasteiger partial charge is 0.152 e. The standard InChI is InChI=1S/C18H26O/c1-14(8-6-10-16(3)19)11-12-17-15(2)9-7-13-18(17,4)5/h6,8,10-12H,7,9,13H2,1-5H3/b10-6+,12-11+,14-8-/i3T3. The molecular formula is C18H26O. The maximum atomic E-state index is 11.3. The minimum Gasteiger partial charge on any atom is -0.295 e. The lowest BCUT2D eigenvalue weighted by Crippen LogP contribution is -2.19. The Balaban J connectivity index is 2.80. The molecule has 0 heterocycles. The Hall–Kier alpha value is -1.37. The van der Waals surface area contributed by atoms with Gasteiger partial charge in [0.15, 0.2) is 5.78 Å². The Kier molecular flexibility index (Phi) is 4.04. The Morgan fingerprint density at radius 1 is 1.37 bits per heavy atom. The lowest BCUT2D eigenvalue weighted by molar-refractivity contribution is -0.112. The summed E-state index contributed by atoms with van der Waals surface area (Å²) < 4.78 is 21.0. The summed E-state index contributed by atoms with van der Waals surface area (Å²) in [6, 6.07) is 0. The largest absolute Gasteiger partial charge is 0.295 e. The van der Waals surface area contributed by atoms with E-state index in [-0.39, 0.29) is 5.41 Å².